The highest BCUT2D eigenvalue weighted by atomic mass is 35.5. The molecule has 0 aromatic heterocycles. The maximum Gasteiger partial charge on any atom is 0.253 e. The molecular formula is C15H10Cl2N2O. The number of nitrogens with zero attached hydrogens (tertiary/aromatic N) is 2. The summed E-state index contributed by atoms with van der Waals surface area (Å²) in [6.07, 6.45) is 0.272. The Bertz CT molecular complexity index is 678. The van der Waals surface area contributed by atoms with Crippen LogP contribution in [-0.2, 0) is 4.79 Å². The molecule has 5 heteroatoms. The van der Waals surface area contributed by atoms with Gasteiger partial charge in [-0.25, -0.2) is 5.01 Å². The Morgan fingerprint density at radius 3 is 2.30 bits per heavy atom. The third-order valence-corrected chi connectivity index (χ3v) is 3.41. The highest BCUT2D eigenvalue weighted by Crippen LogP contribution is 2.28. The van der Waals surface area contributed by atoms with E-state index in [2.05, 4.69) is 5.10 Å². The molecule has 0 saturated heterocycles. The monoisotopic (exact) mass is 304 g/mol. The van der Waals surface area contributed by atoms with Gasteiger partial charge in [0, 0.05) is 10.0 Å². The van der Waals surface area contributed by atoms with Crippen LogP contribution in [0.4, 0.5) is 5.69 Å². The first-order valence-electron chi connectivity index (χ1n) is 6.05. The number of hydrogen-bond acceptors (Lipinski definition) is 2. The molecule has 1 aliphatic rings. The van der Waals surface area contributed by atoms with E-state index < -0.39 is 0 Å². The number of rotatable bonds is 2. The van der Waals surface area contributed by atoms with E-state index in [1.807, 2.05) is 30.3 Å². The lowest BCUT2D eigenvalue weighted by atomic mass is 10.1. The molecular weight excluding hydrogens is 295 g/mol. The molecule has 0 N–H and O–H groups in total. The number of halogens is 2. The largest absolute Gasteiger partial charge is 0.272 e. The van der Waals surface area contributed by atoms with Crippen LogP contribution < -0.4 is 5.01 Å². The molecule has 0 bridgehead atoms. The second-order valence-corrected chi connectivity index (χ2v) is 5.30. The van der Waals surface area contributed by atoms with E-state index in [1.165, 1.54) is 5.01 Å². The number of hydrogen-bond donors (Lipinski definition) is 0. The van der Waals surface area contributed by atoms with Crippen LogP contribution in [-0.4, -0.2) is 11.6 Å². The van der Waals surface area contributed by atoms with Gasteiger partial charge in [0.25, 0.3) is 5.91 Å². The second kappa shape index (κ2) is 5.27. The van der Waals surface area contributed by atoms with E-state index in [0.717, 1.165) is 11.3 Å². The first-order valence-corrected chi connectivity index (χ1v) is 6.81. The minimum absolute atomic E-state index is 0.0952. The third-order valence-electron chi connectivity index (χ3n) is 2.97. The van der Waals surface area contributed by atoms with Gasteiger partial charge in [0.05, 0.1) is 17.8 Å². The highest BCUT2D eigenvalue weighted by Gasteiger charge is 2.26. The normalized spacial score (nSPS) is 14.6. The third kappa shape index (κ3) is 2.55. The van der Waals surface area contributed by atoms with Crippen LogP contribution in [0, 0.1) is 0 Å². The standard InChI is InChI=1S/C15H10Cl2N2O/c16-11-6-12(17)8-13(7-11)19-15(20)9-14(18-19)10-4-2-1-3-5-10/h1-8H,9H2. The minimum Gasteiger partial charge on any atom is -0.272 e. The Labute approximate surface area is 126 Å². The fourth-order valence-corrected chi connectivity index (χ4v) is 2.60. The van der Waals surface area contributed by atoms with E-state index in [4.69, 9.17) is 23.2 Å². The molecule has 2 aromatic rings. The van der Waals surface area contributed by atoms with Crippen molar-refractivity contribution in [3.63, 3.8) is 0 Å². The van der Waals surface area contributed by atoms with Gasteiger partial charge in [-0.15, -0.1) is 0 Å². The summed E-state index contributed by atoms with van der Waals surface area (Å²) in [4.78, 5) is 12.1. The van der Waals surface area contributed by atoms with Crippen molar-refractivity contribution in [3.8, 4) is 0 Å². The first-order chi connectivity index (χ1) is 9.63. The van der Waals surface area contributed by atoms with Crippen LogP contribution >= 0.6 is 23.2 Å². The summed E-state index contributed by atoms with van der Waals surface area (Å²) in [5.41, 5.74) is 2.27. The molecule has 3 rings (SSSR count). The summed E-state index contributed by atoms with van der Waals surface area (Å²) >= 11 is 11.9. The number of hydrazone groups is 1. The number of benzene rings is 2. The van der Waals surface area contributed by atoms with Crippen molar-refractivity contribution in [3.05, 3.63) is 64.1 Å². The van der Waals surface area contributed by atoms with Gasteiger partial charge in [-0.3, -0.25) is 4.79 Å². The lowest BCUT2D eigenvalue weighted by Gasteiger charge is -2.12. The maximum absolute atomic E-state index is 12.1. The predicted octanol–water partition coefficient (Wildman–Crippen LogP) is 4.13. The van der Waals surface area contributed by atoms with E-state index in [0.29, 0.717) is 15.7 Å². The van der Waals surface area contributed by atoms with Gasteiger partial charge in [-0.2, -0.15) is 5.10 Å². The van der Waals surface area contributed by atoms with Gasteiger partial charge in [0.1, 0.15) is 0 Å². The van der Waals surface area contributed by atoms with E-state index in [-0.39, 0.29) is 12.3 Å². The molecule has 0 saturated carbocycles. The van der Waals surface area contributed by atoms with Crippen molar-refractivity contribution in [1.82, 2.24) is 0 Å². The van der Waals surface area contributed by atoms with Gasteiger partial charge in [0.15, 0.2) is 0 Å². The Morgan fingerprint density at radius 2 is 1.65 bits per heavy atom. The zero-order chi connectivity index (χ0) is 14.1. The smallest absolute Gasteiger partial charge is 0.253 e. The van der Waals surface area contributed by atoms with Gasteiger partial charge in [-0.1, -0.05) is 53.5 Å². The quantitative estimate of drug-likeness (QED) is 0.821. The van der Waals surface area contributed by atoms with Crippen molar-refractivity contribution in [2.75, 3.05) is 5.01 Å². The Kier molecular flexibility index (Phi) is 3.47. The topological polar surface area (TPSA) is 32.7 Å². The van der Waals surface area contributed by atoms with Crippen LogP contribution in [0.2, 0.25) is 10.0 Å². The summed E-state index contributed by atoms with van der Waals surface area (Å²) in [5, 5.41) is 6.67. The second-order valence-electron chi connectivity index (χ2n) is 4.42. The zero-order valence-electron chi connectivity index (χ0n) is 10.4. The number of amides is 1. The molecule has 3 nitrogen and oxygen atoms in total. The van der Waals surface area contributed by atoms with Crippen molar-refractivity contribution in [1.29, 1.82) is 0 Å². The fourth-order valence-electron chi connectivity index (χ4n) is 2.08. The fraction of sp³-hybridized carbons (Fsp3) is 0.0667. The van der Waals surface area contributed by atoms with Crippen molar-refractivity contribution in [2.45, 2.75) is 6.42 Å². The zero-order valence-corrected chi connectivity index (χ0v) is 11.9. The molecule has 0 aliphatic carbocycles. The number of anilines is 1. The number of carbonyl (C=O) groups excluding carboxylic acids is 1. The van der Waals surface area contributed by atoms with Gasteiger partial charge in [0.2, 0.25) is 0 Å². The molecule has 0 unspecified atom stereocenters. The van der Waals surface area contributed by atoms with Gasteiger partial charge in [-0.05, 0) is 23.8 Å². The average Bonchev–Trinajstić information content (AvgIpc) is 2.81. The summed E-state index contributed by atoms with van der Waals surface area (Å²) in [6.45, 7) is 0. The predicted molar refractivity (Wildman–Crippen MR) is 81.5 cm³/mol. The average molecular weight is 305 g/mol. The highest BCUT2D eigenvalue weighted by molar-refractivity contribution is 6.35. The first kappa shape index (κ1) is 13.2. The van der Waals surface area contributed by atoms with Crippen molar-refractivity contribution >= 4 is 40.5 Å². The number of carbonyl (C=O) groups is 1. The SMILES string of the molecule is O=C1CC(c2ccccc2)=NN1c1cc(Cl)cc(Cl)c1. The van der Waals surface area contributed by atoms with Gasteiger partial charge >= 0.3 is 0 Å². The van der Waals surface area contributed by atoms with Crippen LogP contribution in [0.3, 0.4) is 0 Å². The summed E-state index contributed by atoms with van der Waals surface area (Å²) in [6, 6.07) is 14.6. The molecule has 1 amide bonds. The molecule has 0 radical (unpaired) electrons. The Balaban J connectivity index is 1.98. The lowest BCUT2D eigenvalue weighted by Crippen LogP contribution is -2.19. The van der Waals surface area contributed by atoms with Crippen molar-refractivity contribution < 1.29 is 4.79 Å². The summed E-state index contributed by atoms with van der Waals surface area (Å²) < 4.78 is 0. The molecule has 1 aliphatic heterocycles. The molecule has 0 atom stereocenters. The lowest BCUT2D eigenvalue weighted by molar-refractivity contribution is -0.116. The van der Waals surface area contributed by atoms with Crippen LogP contribution in [0.1, 0.15) is 12.0 Å². The van der Waals surface area contributed by atoms with Crippen LogP contribution in [0.15, 0.2) is 53.6 Å². The van der Waals surface area contributed by atoms with Crippen LogP contribution in [0.5, 0.6) is 0 Å². The van der Waals surface area contributed by atoms with E-state index >= 15 is 0 Å². The summed E-state index contributed by atoms with van der Waals surface area (Å²) in [7, 11) is 0. The van der Waals surface area contributed by atoms with Crippen LogP contribution in [0.25, 0.3) is 0 Å². The minimum atomic E-state index is -0.0952. The maximum atomic E-state index is 12.1. The molecule has 1 heterocycles. The molecule has 2 aromatic carbocycles. The van der Waals surface area contributed by atoms with E-state index in [1.54, 1.807) is 18.2 Å². The Hall–Kier alpha value is -1.84. The Morgan fingerprint density at radius 1 is 1.00 bits per heavy atom. The van der Waals surface area contributed by atoms with E-state index in [9.17, 15) is 4.79 Å². The molecule has 0 fully saturated rings. The molecule has 20 heavy (non-hydrogen) atoms. The van der Waals surface area contributed by atoms with Gasteiger partial charge < -0.3 is 0 Å². The summed E-state index contributed by atoms with van der Waals surface area (Å²) in [5.74, 6) is -0.0952. The molecule has 0 spiro atoms. The van der Waals surface area contributed by atoms with Crippen molar-refractivity contribution in [2.24, 2.45) is 5.10 Å². The molecule has 100 valence electrons.